The molecule has 0 aliphatic carbocycles. The predicted molar refractivity (Wildman–Crippen MR) is 80.5 cm³/mol. The molecule has 0 saturated carbocycles. The summed E-state index contributed by atoms with van der Waals surface area (Å²) in [5, 5.41) is 3.11. The fourth-order valence-corrected chi connectivity index (χ4v) is 2.66. The van der Waals surface area contributed by atoms with Crippen LogP contribution in [0.3, 0.4) is 0 Å². The van der Waals surface area contributed by atoms with Crippen LogP contribution < -0.4 is 5.32 Å². The van der Waals surface area contributed by atoms with E-state index in [-0.39, 0.29) is 36.7 Å². The summed E-state index contributed by atoms with van der Waals surface area (Å²) in [6.45, 7) is 2.42. The van der Waals surface area contributed by atoms with Gasteiger partial charge in [0.25, 0.3) is 0 Å². The third kappa shape index (κ3) is 4.64. The van der Waals surface area contributed by atoms with Crippen molar-refractivity contribution in [3.8, 4) is 0 Å². The lowest BCUT2D eigenvalue weighted by Gasteiger charge is -2.16. The van der Waals surface area contributed by atoms with E-state index in [0.717, 1.165) is 32.1 Å². The third-order valence-corrected chi connectivity index (χ3v) is 3.77. The Morgan fingerprint density at radius 2 is 2.19 bits per heavy atom. The van der Waals surface area contributed by atoms with E-state index in [9.17, 15) is 13.6 Å². The summed E-state index contributed by atoms with van der Waals surface area (Å²) in [6, 6.07) is 4.08. The lowest BCUT2D eigenvalue weighted by Crippen LogP contribution is -2.30. The van der Waals surface area contributed by atoms with Crippen LogP contribution in [0, 0.1) is 17.6 Å². The van der Waals surface area contributed by atoms with Gasteiger partial charge in [-0.2, -0.15) is 0 Å². The van der Waals surface area contributed by atoms with Crippen molar-refractivity contribution in [2.24, 2.45) is 5.92 Å². The van der Waals surface area contributed by atoms with Crippen LogP contribution in [-0.2, 0) is 11.2 Å². The Bertz CT molecular complexity index is 485. The van der Waals surface area contributed by atoms with E-state index >= 15 is 0 Å². The molecule has 1 aliphatic rings. The summed E-state index contributed by atoms with van der Waals surface area (Å²) in [7, 11) is 1.90. The second-order valence-corrected chi connectivity index (χ2v) is 5.27. The van der Waals surface area contributed by atoms with Gasteiger partial charge < -0.3 is 10.2 Å². The van der Waals surface area contributed by atoms with E-state index < -0.39 is 11.6 Å². The molecule has 1 amide bonds. The minimum absolute atomic E-state index is 0. The molecule has 1 aromatic carbocycles. The van der Waals surface area contributed by atoms with E-state index in [1.807, 2.05) is 11.9 Å². The van der Waals surface area contributed by atoms with Gasteiger partial charge in [0.15, 0.2) is 11.6 Å². The van der Waals surface area contributed by atoms with Gasteiger partial charge in [-0.15, -0.1) is 12.4 Å². The molecule has 0 aromatic heterocycles. The fourth-order valence-electron chi connectivity index (χ4n) is 2.66. The van der Waals surface area contributed by atoms with Crippen LogP contribution >= 0.6 is 12.4 Å². The first kappa shape index (κ1) is 17.9. The summed E-state index contributed by atoms with van der Waals surface area (Å²) >= 11 is 0. The maximum atomic E-state index is 13.5. The van der Waals surface area contributed by atoms with Gasteiger partial charge in [0.2, 0.25) is 5.91 Å². The van der Waals surface area contributed by atoms with Gasteiger partial charge in [-0.1, -0.05) is 12.1 Å². The average Bonchev–Trinajstić information content (AvgIpc) is 2.89. The fraction of sp³-hybridized carbons (Fsp3) is 0.533. The van der Waals surface area contributed by atoms with Crippen LogP contribution in [-0.4, -0.2) is 37.5 Å². The van der Waals surface area contributed by atoms with Crippen molar-refractivity contribution in [2.45, 2.75) is 19.3 Å². The molecule has 0 bridgehead atoms. The maximum Gasteiger partial charge on any atom is 0.222 e. The molecule has 1 heterocycles. The second kappa shape index (κ2) is 8.29. The van der Waals surface area contributed by atoms with Crippen molar-refractivity contribution in [2.75, 3.05) is 26.7 Å². The van der Waals surface area contributed by atoms with Gasteiger partial charge in [-0.3, -0.25) is 4.79 Å². The number of nitrogens with zero attached hydrogens (tertiary/aromatic N) is 1. The highest BCUT2D eigenvalue weighted by Crippen LogP contribution is 2.18. The number of benzene rings is 1. The normalized spacial score (nSPS) is 17.7. The minimum Gasteiger partial charge on any atom is -0.342 e. The first-order valence-corrected chi connectivity index (χ1v) is 6.97. The number of halogens is 3. The van der Waals surface area contributed by atoms with Crippen molar-refractivity contribution < 1.29 is 13.6 Å². The number of hydrogen-bond acceptors (Lipinski definition) is 2. The van der Waals surface area contributed by atoms with Crippen LogP contribution in [0.25, 0.3) is 0 Å². The molecule has 1 aromatic rings. The molecule has 0 spiro atoms. The molecule has 118 valence electrons. The number of carbonyl (C=O) groups is 1. The highest BCUT2D eigenvalue weighted by molar-refractivity contribution is 5.85. The Morgan fingerprint density at radius 1 is 1.43 bits per heavy atom. The quantitative estimate of drug-likeness (QED) is 0.904. The number of likely N-dealkylation sites (tertiary alicyclic amines) is 1. The Kier molecular flexibility index (Phi) is 7.05. The van der Waals surface area contributed by atoms with E-state index in [0.29, 0.717) is 5.92 Å². The monoisotopic (exact) mass is 318 g/mol. The molecule has 1 N–H and O–H groups in total. The van der Waals surface area contributed by atoms with Crippen LogP contribution in [0.2, 0.25) is 0 Å². The molecular weight excluding hydrogens is 298 g/mol. The number of rotatable bonds is 5. The van der Waals surface area contributed by atoms with E-state index in [2.05, 4.69) is 5.32 Å². The van der Waals surface area contributed by atoms with Crippen molar-refractivity contribution in [1.82, 2.24) is 10.2 Å². The summed E-state index contributed by atoms with van der Waals surface area (Å²) < 4.78 is 26.5. The van der Waals surface area contributed by atoms with E-state index in [1.165, 1.54) is 12.1 Å². The van der Waals surface area contributed by atoms with Crippen molar-refractivity contribution in [3.05, 3.63) is 35.4 Å². The molecule has 21 heavy (non-hydrogen) atoms. The lowest BCUT2D eigenvalue weighted by atomic mass is 10.1. The first-order chi connectivity index (χ1) is 9.61. The highest BCUT2D eigenvalue weighted by Gasteiger charge is 2.25. The summed E-state index contributed by atoms with van der Waals surface area (Å²) in [6.07, 6.45) is 1.48. The lowest BCUT2D eigenvalue weighted by molar-refractivity contribution is -0.130. The summed E-state index contributed by atoms with van der Waals surface area (Å²) in [4.78, 5) is 13.9. The molecule has 6 heteroatoms. The zero-order chi connectivity index (χ0) is 14.5. The molecular formula is C15H21ClF2N2O. The molecule has 0 radical (unpaired) electrons. The van der Waals surface area contributed by atoms with Crippen LogP contribution in [0.15, 0.2) is 18.2 Å². The van der Waals surface area contributed by atoms with Gasteiger partial charge in [-0.05, 0) is 44.0 Å². The van der Waals surface area contributed by atoms with Crippen molar-refractivity contribution >= 4 is 18.3 Å². The first-order valence-electron chi connectivity index (χ1n) is 6.97. The molecule has 1 unspecified atom stereocenters. The minimum atomic E-state index is -0.856. The van der Waals surface area contributed by atoms with Crippen LogP contribution in [0.1, 0.15) is 18.4 Å². The molecule has 1 aliphatic heterocycles. The molecule has 1 fully saturated rings. The standard InChI is InChI=1S/C15H20F2N2O.ClH/c1-18-9-11-7-8-19(10-11)14(20)6-5-12-3-2-4-13(16)15(12)17;/h2-4,11,18H,5-10H2,1H3;1H. The number of amides is 1. The zero-order valence-corrected chi connectivity index (χ0v) is 12.9. The molecule has 2 rings (SSSR count). The largest absolute Gasteiger partial charge is 0.342 e. The Labute approximate surface area is 130 Å². The van der Waals surface area contributed by atoms with Crippen molar-refractivity contribution in [3.63, 3.8) is 0 Å². The van der Waals surface area contributed by atoms with Gasteiger partial charge in [0.05, 0.1) is 0 Å². The van der Waals surface area contributed by atoms with Crippen LogP contribution in [0.5, 0.6) is 0 Å². The van der Waals surface area contributed by atoms with E-state index in [1.54, 1.807) is 0 Å². The number of hydrogen-bond donors (Lipinski definition) is 1. The van der Waals surface area contributed by atoms with Gasteiger partial charge in [0.1, 0.15) is 0 Å². The number of aryl methyl sites for hydroxylation is 1. The van der Waals surface area contributed by atoms with E-state index in [4.69, 9.17) is 0 Å². The molecule has 3 nitrogen and oxygen atoms in total. The topological polar surface area (TPSA) is 32.3 Å². The predicted octanol–water partition coefficient (Wildman–Crippen LogP) is 2.39. The van der Waals surface area contributed by atoms with Gasteiger partial charge >= 0.3 is 0 Å². The Balaban J connectivity index is 0.00000220. The van der Waals surface area contributed by atoms with Crippen molar-refractivity contribution in [1.29, 1.82) is 0 Å². The van der Waals surface area contributed by atoms with Gasteiger partial charge in [0, 0.05) is 19.5 Å². The van der Waals surface area contributed by atoms with Crippen LogP contribution in [0.4, 0.5) is 8.78 Å². The SMILES string of the molecule is CNCC1CCN(C(=O)CCc2cccc(F)c2F)C1.Cl. The summed E-state index contributed by atoms with van der Waals surface area (Å²) in [5.74, 6) is -1.18. The second-order valence-electron chi connectivity index (χ2n) is 5.27. The third-order valence-electron chi connectivity index (χ3n) is 3.77. The average molecular weight is 319 g/mol. The number of nitrogens with one attached hydrogen (secondary N) is 1. The summed E-state index contributed by atoms with van der Waals surface area (Å²) in [5.41, 5.74) is 0.268. The Hall–Kier alpha value is -1.20. The maximum absolute atomic E-state index is 13.5. The molecule has 1 atom stereocenters. The smallest absolute Gasteiger partial charge is 0.222 e. The Morgan fingerprint density at radius 3 is 2.90 bits per heavy atom. The molecule has 1 saturated heterocycles. The zero-order valence-electron chi connectivity index (χ0n) is 12.1. The highest BCUT2D eigenvalue weighted by atomic mass is 35.5. The number of carbonyl (C=O) groups excluding carboxylic acids is 1. The van der Waals surface area contributed by atoms with Gasteiger partial charge in [-0.25, -0.2) is 8.78 Å².